The summed E-state index contributed by atoms with van der Waals surface area (Å²) in [5.41, 5.74) is 2.61. The molecular formula is C27H31N5O3S. The molecule has 3 fully saturated rings. The molecule has 4 aliphatic heterocycles. The van der Waals surface area contributed by atoms with E-state index in [1.54, 1.807) is 11.8 Å². The van der Waals surface area contributed by atoms with Crippen molar-refractivity contribution in [2.24, 2.45) is 5.92 Å². The second kappa shape index (κ2) is 9.80. The summed E-state index contributed by atoms with van der Waals surface area (Å²) in [6.45, 7) is 4.59. The van der Waals surface area contributed by atoms with E-state index in [0.717, 1.165) is 67.3 Å². The second-order valence-electron chi connectivity index (χ2n) is 9.80. The van der Waals surface area contributed by atoms with Crippen molar-refractivity contribution in [2.45, 2.75) is 43.6 Å². The van der Waals surface area contributed by atoms with Crippen molar-refractivity contribution in [1.82, 2.24) is 21.3 Å². The molecule has 2 aromatic rings. The summed E-state index contributed by atoms with van der Waals surface area (Å²) in [5.74, 6) is 1.46. The van der Waals surface area contributed by atoms with Crippen molar-refractivity contribution >= 4 is 29.4 Å². The van der Waals surface area contributed by atoms with E-state index in [1.165, 1.54) is 0 Å². The van der Waals surface area contributed by atoms with Gasteiger partial charge in [-0.2, -0.15) is 0 Å². The molecule has 4 heterocycles. The van der Waals surface area contributed by atoms with Gasteiger partial charge in [-0.15, -0.1) is 0 Å². The molecule has 6 rings (SSSR count). The molecule has 0 aromatic heterocycles. The number of aryl methyl sites for hydroxylation is 1. The Labute approximate surface area is 215 Å². The van der Waals surface area contributed by atoms with Gasteiger partial charge < -0.3 is 26.0 Å². The van der Waals surface area contributed by atoms with Gasteiger partial charge in [0.1, 0.15) is 11.5 Å². The van der Waals surface area contributed by atoms with Crippen LogP contribution in [0.15, 0.2) is 59.1 Å². The quantitative estimate of drug-likeness (QED) is 0.497. The van der Waals surface area contributed by atoms with Crippen molar-refractivity contribution in [3.8, 4) is 11.5 Å². The van der Waals surface area contributed by atoms with Crippen LogP contribution < -0.4 is 30.9 Å². The van der Waals surface area contributed by atoms with E-state index >= 15 is 0 Å². The number of anilines is 1. The predicted molar refractivity (Wildman–Crippen MR) is 141 cm³/mol. The van der Waals surface area contributed by atoms with Gasteiger partial charge in [-0.1, -0.05) is 30.0 Å². The number of para-hydroxylation sites is 1. The van der Waals surface area contributed by atoms with Crippen molar-refractivity contribution in [1.29, 1.82) is 0 Å². The molecule has 0 aliphatic carbocycles. The van der Waals surface area contributed by atoms with E-state index in [4.69, 9.17) is 4.74 Å². The monoisotopic (exact) mass is 505 g/mol. The number of rotatable bonds is 5. The summed E-state index contributed by atoms with van der Waals surface area (Å²) < 4.78 is 5.99. The van der Waals surface area contributed by atoms with Gasteiger partial charge in [0.25, 0.3) is 5.91 Å². The Morgan fingerprint density at radius 2 is 1.97 bits per heavy atom. The van der Waals surface area contributed by atoms with Crippen LogP contribution >= 0.6 is 11.8 Å². The Morgan fingerprint density at radius 1 is 1.11 bits per heavy atom. The minimum Gasteiger partial charge on any atom is -0.457 e. The fourth-order valence-electron chi connectivity index (χ4n) is 5.71. The number of urea groups is 1. The highest BCUT2D eigenvalue weighted by Gasteiger charge is 2.52. The molecule has 0 radical (unpaired) electrons. The van der Waals surface area contributed by atoms with E-state index in [2.05, 4.69) is 21.3 Å². The van der Waals surface area contributed by atoms with Crippen LogP contribution in [0, 0.1) is 12.8 Å². The first-order chi connectivity index (χ1) is 17.6. The lowest BCUT2D eigenvalue weighted by molar-refractivity contribution is -0.117. The normalized spacial score (nSPS) is 27.4. The Morgan fingerprint density at radius 3 is 2.75 bits per heavy atom. The first-order valence-corrected chi connectivity index (χ1v) is 13.6. The summed E-state index contributed by atoms with van der Waals surface area (Å²) >= 11 is 1.55. The molecular weight excluding hydrogens is 474 g/mol. The fraction of sp³-hybridized carbons (Fsp3) is 0.407. The number of hydrogen-bond donors (Lipinski definition) is 4. The van der Waals surface area contributed by atoms with Crippen molar-refractivity contribution in [3.05, 3.63) is 64.7 Å². The third-order valence-corrected chi connectivity index (χ3v) is 8.74. The molecule has 8 nitrogen and oxygen atoms in total. The van der Waals surface area contributed by atoms with Gasteiger partial charge in [-0.25, -0.2) is 4.79 Å². The van der Waals surface area contributed by atoms with E-state index in [9.17, 15) is 9.59 Å². The van der Waals surface area contributed by atoms with Gasteiger partial charge >= 0.3 is 6.03 Å². The molecule has 4 atom stereocenters. The van der Waals surface area contributed by atoms with E-state index in [-0.39, 0.29) is 35.3 Å². The first kappa shape index (κ1) is 23.4. The first-order valence-electron chi connectivity index (χ1n) is 12.7. The number of nitrogens with zero attached hydrogens (tertiary/aromatic N) is 1. The predicted octanol–water partition coefficient (Wildman–Crippen LogP) is 3.45. The van der Waals surface area contributed by atoms with Gasteiger partial charge in [-0.05, 0) is 75.2 Å². The van der Waals surface area contributed by atoms with Crippen LogP contribution in [0.25, 0.3) is 0 Å². The van der Waals surface area contributed by atoms with Crippen molar-refractivity contribution in [3.63, 3.8) is 0 Å². The van der Waals surface area contributed by atoms with Gasteiger partial charge in [0.15, 0.2) is 0 Å². The Hall–Kier alpha value is -3.01. The third kappa shape index (κ3) is 4.36. The molecule has 0 bridgehead atoms. The third-order valence-electron chi connectivity index (χ3n) is 7.39. The van der Waals surface area contributed by atoms with E-state index in [1.807, 2.05) is 60.4 Å². The highest BCUT2D eigenvalue weighted by atomic mass is 32.2. The largest absolute Gasteiger partial charge is 0.457 e. The zero-order chi connectivity index (χ0) is 24.6. The van der Waals surface area contributed by atoms with Gasteiger partial charge in [0.05, 0.1) is 16.3 Å². The topological polar surface area (TPSA) is 94.7 Å². The number of thioether (sulfide) groups is 1. The number of carbonyl (C=O) groups is 2. The molecule has 9 heteroatoms. The average Bonchev–Trinajstić information content (AvgIpc) is 3.26. The average molecular weight is 506 g/mol. The molecule has 4 aliphatic rings. The number of benzene rings is 2. The second-order valence-corrected chi connectivity index (χ2v) is 10.9. The maximum atomic E-state index is 13.5. The SMILES string of the molecule is Cc1cc(Oc2ccccc2)ccc1N1C(=O)NC2=C(C(=O)N[C@@H]3CCCNC3)SC3NCCC1C23. The van der Waals surface area contributed by atoms with Gasteiger partial charge in [-0.3, -0.25) is 9.69 Å². The van der Waals surface area contributed by atoms with Crippen molar-refractivity contribution < 1.29 is 14.3 Å². The summed E-state index contributed by atoms with van der Waals surface area (Å²) in [4.78, 5) is 29.3. The number of nitrogens with one attached hydrogen (secondary N) is 4. The van der Waals surface area contributed by atoms with Crippen LogP contribution in [-0.2, 0) is 4.79 Å². The van der Waals surface area contributed by atoms with Crippen molar-refractivity contribution in [2.75, 3.05) is 24.5 Å². The molecule has 3 unspecified atom stereocenters. The lowest BCUT2D eigenvalue weighted by atomic mass is 9.86. The van der Waals surface area contributed by atoms with Crippen LogP contribution in [0.4, 0.5) is 10.5 Å². The smallest absolute Gasteiger partial charge is 0.326 e. The summed E-state index contributed by atoms with van der Waals surface area (Å²) in [6, 6.07) is 15.4. The number of hydrogen-bond acceptors (Lipinski definition) is 6. The standard InChI is InChI=1S/C27H31N5O3S/c1-16-14-19(35-18-7-3-2-4-8-18)9-10-20(16)32-21-11-13-29-26-22(21)23(31-27(32)34)24(36-26)25(33)30-17-6-5-12-28-15-17/h2-4,7-10,14,17,21-22,26,28-29H,5-6,11-13,15H2,1H3,(H,30,33)(H,31,34)/t17-,21?,22?,26?/m1/s1. The summed E-state index contributed by atoms with van der Waals surface area (Å²) in [5, 5.41) is 13.3. The van der Waals surface area contributed by atoms with E-state index < -0.39 is 0 Å². The maximum Gasteiger partial charge on any atom is 0.326 e. The Kier molecular flexibility index (Phi) is 6.37. The van der Waals surface area contributed by atoms with Crippen LogP contribution in [0.5, 0.6) is 11.5 Å². The molecule has 3 amide bonds. The summed E-state index contributed by atoms with van der Waals surface area (Å²) in [6.07, 6.45) is 2.85. The minimum atomic E-state index is -0.182. The number of piperidine rings is 2. The fourth-order valence-corrected chi connectivity index (χ4v) is 7.11. The summed E-state index contributed by atoms with van der Waals surface area (Å²) in [7, 11) is 0. The van der Waals surface area contributed by atoms with Crippen LogP contribution in [-0.4, -0.2) is 49.0 Å². The lowest BCUT2D eigenvalue weighted by Crippen LogP contribution is -2.62. The lowest BCUT2D eigenvalue weighted by Gasteiger charge is -2.46. The molecule has 2 aromatic carbocycles. The Bertz CT molecular complexity index is 1200. The zero-order valence-electron chi connectivity index (χ0n) is 20.3. The number of carbonyl (C=O) groups excluding carboxylic acids is 2. The number of ether oxygens (including phenoxy) is 1. The molecule has 188 valence electrons. The molecule has 0 spiro atoms. The minimum absolute atomic E-state index is 0.0197. The van der Waals surface area contributed by atoms with Crippen LogP contribution in [0.2, 0.25) is 0 Å². The maximum absolute atomic E-state index is 13.5. The molecule has 3 saturated heterocycles. The van der Waals surface area contributed by atoms with Crippen LogP contribution in [0.3, 0.4) is 0 Å². The highest BCUT2D eigenvalue weighted by Crippen LogP contribution is 2.48. The number of amides is 3. The van der Waals surface area contributed by atoms with Gasteiger partial charge in [0, 0.05) is 29.9 Å². The molecule has 4 N–H and O–H groups in total. The van der Waals surface area contributed by atoms with Crippen LogP contribution in [0.1, 0.15) is 24.8 Å². The Balaban J connectivity index is 1.25. The van der Waals surface area contributed by atoms with Gasteiger partial charge in [0.2, 0.25) is 0 Å². The molecule has 36 heavy (non-hydrogen) atoms. The zero-order valence-corrected chi connectivity index (χ0v) is 21.1. The van der Waals surface area contributed by atoms with E-state index in [0.29, 0.717) is 4.91 Å². The highest BCUT2D eigenvalue weighted by molar-refractivity contribution is 8.04. The molecule has 0 saturated carbocycles.